The lowest BCUT2D eigenvalue weighted by molar-refractivity contribution is -0.325. The van der Waals surface area contributed by atoms with Gasteiger partial charge in [-0.05, 0) is 98.1 Å². The lowest BCUT2D eigenvalue weighted by atomic mass is 9.69. The SMILES string of the molecule is [O-]C1=C(c2ccc3c4c(cccc24)NC(c2ccc4ccccc4c2)=N3)C([O-])=C1C1C=CC2=C3C(=CC=CC31)NC(=c1ccc3nc(-c4ccc5ccccc5c4)nc4cccc1c43)N2. The lowest BCUT2D eigenvalue weighted by Crippen LogP contribution is -2.42. The molecule has 8 nitrogen and oxygen atoms in total. The molecule has 0 fully saturated rings. The van der Waals surface area contributed by atoms with Crippen molar-refractivity contribution in [3.05, 3.63) is 226 Å². The summed E-state index contributed by atoms with van der Waals surface area (Å²) in [6, 6.07) is 49.4. The summed E-state index contributed by atoms with van der Waals surface area (Å²) in [5.74, 6) is 1.27. The number of aliphatic imine (C=N–C) groups is 1. The highest BCUT2D eigenvalue weighted by Crippen LogP contribution is 2.51. The minimum atomic E-state index is -0.407. The Kier molecular flexibility index (Phi) is 7.37. The molecule has 2 aliphatic heterocycles. The van der Waals surface area contributed by atoms with Crippen LogP contribution in [-0.2, 0) is 0 Å². The zero-order valence-corrected chi connectivity index (χ0v) is 34.6. The van der Waals surface area contributed by atoms with Crippen LogP contribution in [0.3, 0.4) is 0 Å². The molecule has 2 unspecified atom stereocenters. The van der Waals surface area contributed by atoms with Gasteiger partial charge in [-0.1, -0.05) is 138 Å². The van der Waals surface area contributed by atoms with Crippen LogP contribution in [0, 0.1) is 11.8 Å². The number of rotatable bonds is 4. The molecule has 65 heavy (non-hydrogen) atoms. The number of anilines is 1. The first-order valence-corrected chi connectivity index (χ1v) is 21.8. The molecule has 0 radical (unpaired) electrons. The number of hydrogen-bond acceptors (Lipinski definition) is 8. The van der Waals surface area contributed by atoms with Crippen LogP contribution in [0.5, 0.6) is 0 Å². The number of benzene rings is 8. The van der Waals surface area contributed by atoms with Gasteiger partial charge in [0.15, 0.2) is 5.82 Å². The molecule has 0 bridgehead atoms. The summed E-state index contributed by atoms with van der Waals surface area (Å²) in [7, 11) is 0. The Morgan fingerprint density at radius 2 is 1.26 bits per heavy atom. The number of hydrogen-bond donors (Lipinski definition) is 3. The number of allylic oxidation sites excluding steroid dienone is 8. The maximum absolute atomic E-state index is 14.4. The summed E-state index contributed by atoms with van der Waals surface area (Å²) in [5.41, 5.74) is 9.47. The van der Waals surface area contributed by atoms with Gasteiger partial charge in [0.2, 0.25) is 0 Å². The van der Waals surface area contributed by atoms with Gasteiger partial charge in [0.1, 0.15) is 11.7 Å². The minimum absolute atomic E-state index is 0.201. The number of nitrogens with one attached hydrogen (secondary N) is 3. The summed E-state index contributed by atoms with van der Waals surface area (Å²) in [5, 5.41) is 49.0. The third kappa shape index (κ3) is 5.28. The number of amidine groups is 1. The van der Waals surface area contributed by atoms with Gasteiger partial charge in [-0.25, -0.2) is 15.0 Å². The van der Waals surface area contributed by atoms with E-state index in [-0.39, 0.29) is 23.0 Å². The first kappa shape index (κ1) is 35.8. The highest BCUT2D eigenvalue weighted by Gasteiger charge is 2.38. The standard InChI is InChI=1S/C57H36N6O2/c64-53-51(39-22-25-45-48-36(39)12-5-15-42(48)58-55(60-45)34-20-18-30-8-1-3-10-32(30)28-34)54(65)52(53)40-23-26-47-49-37(40)13-6-17-44(49)62-57(63-47)41-24-27-46-50-38(41)14-7-16-43(50)59-56(61-46)35-21-19-31-9-2-4-11-33(31)29-35/h1-29,37,40,62-65H,(H,58,60)/p-2. The van der Waals surface area contributed by atoms with Crippen molar-refractivity contribution in [1.82, 2.24) is 20.6 Å². The second-order valence-corrected chi connectivity index (χ2v) is 17.2. The summed E-state index contributed by atoms with van der Waals surface area (Å²) in [6.45, 7) is 0. The number of aromatic nitrogens is 2. The van der Waals surface area contributed by atoms with Gasteiger partial charge in [0.25, 0.3) is 0 Å². The zero-order chi connectivity index (χ0) is 42.9. The molecule has 1 aromatic heterocycles. The predicted octanol–water partition coefficient (Wildman–Crippen LogP) is 9.30. The van der Waals surface area contributed by atoms with Crippen molar-refractivity contribution in [1.29, 1.82) is 0 Å². The summed E-state index contributed by atoms with van der Waals surface area (Å²) in [4.78, 5) is 15.1. The quantitative estimate of drug-likeness (QED) is 0.162. The fourth-order valence-corrected chi connectivity index (χ4v) is 10.6. The molecule has 0 spiro atoms. The number of fused-ring (bicyclic) bond motifs is 2. The van der Waals surface area contributed by atoms with E-state index >= 15 is 0 Å². The molecule has 0 amide bonds. The molecule has 3 N–H and O–H groups in total. The van der Waals surface area contributed by atoms with Crippen molar-refractivity contribution >= 4 is 82.7 Å². The molecule has 8 aromatic carbocycles. The van der Waals surface area contributed by atoms with Crippen LogP contribution in [0.15, 0.2) is 215 Å². The van der Waals surface area contributed by atoms with Gasteiger partial charge in [0, 0.05) is 61.6 Å². The Hall–Kier alpha value is -8.75. The third-order valence-electron chi connectivity index (χ3n) is 13.7. The largest absolute Gasteiger partial charge is 0.872 e. The summed E-state index contributed by atoms with van der Waals surface area (Å²) >= 11 is 0. The molecule has 5 aliphatic rings. The van der Waals surface area contributed by atoms with Crippen LogP contribution in [-0.4, -0.2) is 15.8 Å². The molecular formula is C57H34N6O2-2. The van der Waals surface area contributed by atoms with Gasteiger partial charge in [-0.15, -0.1) is 0 Å². The smallest absolute Gasteiger partial charge is 0.160 e. The average molecular weight is 835 g/mol. The normalized spacial score (nSPS) is 19.3. The summed E-state index contributed by atoms with van der Waals surface area (Å²) < 4.78 is 0. The van der Waals surface area contributed by atoms with E-state index in [1.807, 2.05) is 85.0 Å². The van der Waals surface area contributed by atoms with E-state index in [1.54, 1.807) is 0 Å². The Balaban J connectivity index is 0.784. The van der Waals surface area contributed by atoms with Crippen molar-refractivity contribution < 1.29 is 10.2 Å². The first-order valence-electron chi connectivity index (χ1n) is 21.8. The molecule has 2 atom stereocenters. The van der Waals surface area contributed by atoms with Crippen molar-refractivity contribution in [3.63, 3.8) is 0 Å². The van der Waals surface area contributed by atoms with E-state index in [0.29, 0.717) is 17.0 Å². The molecule has 14 rings (SSSR count). The molecule has 3 aliphatic carbocycles. The molecule has 0 saturated carbocycles. The predicted molar refractivity (Wildman–Crippen MR) is 257 cm³/mol. The van der Waals surface area contributed by atoms with Crippen LogP contribution < -0.4 is 31.4 Å². The Bertz CT molecular complexity index is 3940. The molecule has 3 heterocycles. The number of nitrogens with zero attached hydrogens (tertiary/aromatic N) is 3. The highest BCUT2D eigenvalue weighted by atomic mass is 16.3. The average Bonchev–Trinajstić information content (AvgIpc) is 3.35. The van der Waals surface area contributed by atoms with Crippen LogP contribution in [0.2, 0.25) is 0 Å². The second kappa shape index (κ2) is 13.4. The van der Waals surface area contributed by atoms with E-state index in [9.17, 15) is 10.2 Å². The zero-order valence-electron chi connectivity index (χ0n) is 34.6. The minimum Gasteiger partial charge on any atom is -0.872 e. The van der Waals surface area contributed by atoms with E-state index in [0.717, 1.165) is 99.7 Å². The second-order valence-electron chi connectivity index (χ2n) is 17.2. The lowest BCUT2D eigenvalue weighted by Gasteiger charge is -2.47. The topological polar surface area (TPSA) is 120 Å². The van der Waals surface area contributed by atoms with Gasteiger partial charge in [-0.3, -0.25) is 0 Å². The summed E-state index contributed by atoms with van der Waals surface area (Å²) in [6.07, 6.45) is 10.2. The molecule has 8 heteroatoms. The van der Waals surface area contributed by atoms with Crippen LogP contribution in [0.1, 0.15) is 11.1 Å². The monoisotopic (exact) mass is 834 g/mol. The van der Waals surface area contributed by atoms with Crippen LogP contribution in [0.4, 0.5) is 11.4 Å². The Morgan fingerprint density at radius 3 is 2.08 bits per heavy atom. The van der Waals surface area contributed by atoms with E-state index < -0.39 is 5.92 Å². The van der Waals surface area contributed by atoms with E-state index in [4.69, 9.17) is 15.0 Å². The first-order chi connectivity index (χ1) is 32.0. The molecule has 306 valence electrons. The maximum Gasteiger partial charge on any atom is 0.160 e. The fourth-order valence-electron chi connectivity index (χ4n) is 10.6. The highest BCUT2D eigenvalue weighted by molar-refractivity contribution is 6.21. The third-order valence-corrected chi connectivity index (χ3v) is 13.7. The molecule has 9 aromatic rings. The van der Waals surface area contributed by atoms with Crippen molar-refractivity contribution in [3.8, 4) is 11.4 Å². The van der Waals surface area contributed by atoms with Crippen LogP contribution >= 0.6 is 0 Å². The van der Waals surface area contributed by atoms with Crippen molar-refractivity contribution in [2.75, 3.05) is 5.32 Å². The maximum atomic E-state index is 14.4. The Morgan fingerprint density at radius 1 is 0.538 bits per heavy atom. The van der Waals surface area contributed by atoms with E-state index in [1.165, 1.54) is 10.8 Å². The van der Waals surface area contributed by atoms with Gasteiger partial charge < -0.3 is 26.2 Å². The fraction of sp³-hybridized carbons (Fsp3) is 0.0351. The van der Waals surface area contributed by atoms with E-state index in [2.05, 4.69) is 107 Å². The van der Waals surface area contributed by atoms with Gasteiger partial charge in [0.05, 0.1) is 16.7 Å². The van der Waals surface area contributed by atoms with Crippen molar-refractivity contribution in [2.24, 2.45) is 16.8 Å². The Labute approximate surface area is 372 Å². The van der Waals surface area contributed by atoms with Crippen molar-refractivity contribution in [2.45, 2.75) is 0 Å². The molecular weight excluding hydrogens is 801 g/mol. The van der Waals surface area contributed by atoms with Gasteiger partial charge >= 0.3 is 0 Å². The van der Waals surface area contributed by atoms with Crippen LogP contribution in [0.25, 0.3) is 76.9 Å². The molecule has 0 saturated heterocycles. The van der Waals surface area contributed by atoms with Gasteiger partial charge in [-0.2, -0.15) is 0 Å².